The van der Waals surface area contributed by atoms with Crippen molar-refractivity contribution in [3.05, 3.63) is 24.3 Å². The first kappa shape index (κ1) is 30.6. The summed E-state index contributed by atoms with van der Waals surface area (Å²) in [7, 11) is 0. The lowest BCUT2D eigenvalue weighted by Crippen LogP contribution is -2.75. The number of halogens is 17. The summed E-state index contributed by atoms with van der Waals surface area (Å²) in [6.45, 7) is 0. The number of imidazole rings is 1. The van der Waals surface area contributed by atoms with E-state index in [0.717, 1.165) is 17.4 Å². The maximum Gasteiger partial charge on any atom is 0.393 e. The van der Waals surface area contributed by atoms with Crippen molar-refractivity contribution in [3.63, 3.8) is 0 Å². The van der Waals surface area contributed by atoms with Crippen LogP contribution in [0.3, 0.4) is 0 Å². The Morgan fingerprint density at radius 2 is 1.08 bits per heavy atom. The average Bonchev–Trinajstić information content (AvgIpc) is 3.14. The topological polar surface area (TPSA) is 57.8 Å². The molecule has 0 aliphatic heterocycles. The van der Waals surface area contributed by atoms with Crippen LogP contribution in [0.1, 0.15) is 0 Å². The van der Waals surface area contributed by atoms with Gasteiger partial charge in [0.15, 0.2) is 0 Å². The molecular weight excluding hydrogens is 590 g/mol. The first-order valence-corrected chi connectivity index (χ1v) is 9.07. The van der Waals surface area contributed by atoms with Crippen LogP contribution < -0.4 is 5.32 Å². The summed E-state index contributed by atoms with van der Waals surface area (Å²) in [4.78, 5) is 16.8. The maximum absolute atomic E-state index is 13.9. The summed E-state index contributed by atoms with van der Waals surface area (Å²) in [6.07, 6.45) is 0. The van der Waals surface area contributed by atoms with E-state index in [-0.39, 0.29) is 11.0 Å². The first-order chi connectivity index (χ1) is 16.2. The van der Waals surface area contributed by atoms with E-state index in [1.807, 2.05) is 4.98 Å². The lowest BCUT2D eigenvalue weighted by Gasteiger charge is -2.42. The Bertz CT molecular complexity index is 1140. The normalized spacial score (nSPS) is 15.3. The molecule has 1 aromatic heterocycles. The van der Waals surface area contributed by atoms with E-state index >= 15 is 0 Å². The predicted molar refractivity (Wildman–Crippen MR) is 90.2 cm³/mol. The summed E-state index contributed by atoms with van der Waals surface area (Å²) in [5.41, 5.74) is -0.285. The summed E-state index contributed by atoms with van der Waals surface area (Å²) in [5, 5.41) is -6.14. The zero-order valence-electron chi connectivity index (χ0n) is 16.6. The third kappa shape index (κ3) is 4.10. The van der Waals surface area contributed by atoms with Crippen LogP contribution in [0.2, 0.25) is 0 Å². The Balaban J connectivity index is 2.52. The molecule has 0 bridgehead atoms. The van der Waals surface area contributed by atoms with E-state index in [9.17, 15) is 75.0 Å². The molecule has 0 aliphatic carbocycles. The second kappa shape index (κ2) is 8.42. The molecule has 0 saturated carbocycles. The molecule has 2 rings (SSSR count). The number of carbonyl (C=O) groups is 1. The van der Waals surface area contributed by atoms with Crippen LogP contribution in [0.25, 0.3) is 11.0 Å². The molecule has 0 unspecified atom stereocenters. The molecule has 210 valence electrons. The van der Waals surface area contributed by atoms with E-state index in [4.69, 9.17) is 0 Å². The Kier molecular flexibility index (Phi) is 6.95. The smallest absolute Gasteiger partial charge is 0.324 e. The van der Waals surface area contributed by atoms with Crippen LogP contribution >= 0.6 is 11.6 Å². The number of aromatic nitrogens is 2. The highest BCUT2D eigenvalue weighted by atomic mass is 35.5. The molecule has 2 N–H and O–H groups in total. The fourth-order valence-corrected chi connectivity index (χ4v) is 2.62. The highest BCUT2D eigenvalue weighted by Crippen LogP contribution is 2.64. The number of benzene rings is 1. The molecule has 37 heavy (non-hydrogen) atoms. The van der Waals surface area contributed by atoms with Crippen molar-refractivity contribution >= 4 is 34.5 Å². The largest absolute Gasteiger partial charge is 0.393 e. The van der Waals surface area contributed by atoms with Crippen molar-refractivity contribution in [2.45, 2.75) is 46.8 Å². The van der Waals surface area contributed by atoms with Crippen LogP contribution in [0.5, 0.6) is 0 Å². The van der Waals surface area contributed by atoms with Gasteiger partial charge in [0.05, 0.1) is 11.0 Å². The van der Waals surface area contributed by atoms with Crippen LogP contribution in [-0.4, -0.2) is 62.7 Å². The van der Waals surface area contributed by atoms with Gasteiger partial charge < -0.3 is 4.98 Å². The molecule has 0 radical (unpaired) electrons. The van der Waals surface area contributed by atoms with E-state index in [1.54, 1.807) is 0 Å². The van der Waals surface area contributed by atoms with Crippen LogP contribution in [-0.2, 0) is 4.79 Å². The number of fused-ring (bicyclic) bond motifs is 1. The Morgan fingerprint density at radius 3 is 1.51 bits per heavy atom. The number of anilines is 1. The summed E-state index contributed by atoms with van der Waals surface area (Å²) < 4.78 is 215. The fourth-order valence-electron chi connectivity index (χ4n) is 2.50. The average molecular weight is 596 g/mol. The molecule has 4 nitrogen and oxygen atoms in total. The summed E-state index contributed by atoms with van der Waals surface area (Å²) >= 11 is 3.43. The zero-order chi connectivity index (χ0) is 29.3. The minimum atomic E-state index is -8.65. The Labute approximate surface area is 196 Å². The van der Waals surface area contributed by atoms with Crippen molar-refractivity contribution in [1.82, 2.24) is 9.97 Å². The fraction of sp³-hybridized carbons (Fsp3) is 0.500. The number of H-pyrrole nitrogens is 1. The minimum Gasteiger partial charge on any atom is -0.324 e. The van der Waals surface area contributed by atoms with Crippen molar-refractivity contribution in [3.8, 4) is 0 Å². The second-order valence-electron chi connectivity index (χ2n) is 7.08. The summed E-state index contributed by atoms with van der Waals surface area (Å²) in [6, 6.07) is 4.80. The van der Waals surface area contributed by atoms with Crippen molar-refractivity contribution in [1.29, 1.82) is 0 Å². The number of nitrogens with one attached hydrogen (secondary N) is 2. The minimum absolute atomic E-state index is 0.108. The molecule has 1 aromatic carbocycles. The van der Waals surface area contributed by atoms with E-state index < -0.39 is 58.7 Å². The van der Waals surface area contributed by atoms with Gasteiger partial charge in [-0.2, -0.15) is 70.2 Å². The summed E-state index contributed by atoms with van der Waals surface area (Å²) in [5.74, 6) is -62.0. The van der Waals surface area contributed by atoms with Crippen LogP contribution in [0.4, 0.5) is 76.2 Å². The van der Waals surface area contributed by atoms with Gasteiger partial charge in [-0.3, -0.25) is 10.1 Å². The number of carbonyl (C=O) groups excluding carboxylic acids is 1. The monoisotopic (exact) mass is 595 g/mol. The first-order valence-electron chi connectivity index (χ1n) is 8.69. The lowest BCUT2D eigenvalue weighted by molar-refractivity contribution is -0.445. The number of para-hydroxylation sites is 2. The van der Waals surface area contributed by atoms with Gasteiger partial charge >= 0.3 is 52.7 Å². The van der Waals surface area contributed by atoms with E-state index in [1.165, 1.54) is 12.1 Å². The maximum atomic E-state index is 13.9. The quantitative estimate of drug-likeness (QED) is 0.248. The van der Waals surface area contributed by atoms with Gasteiger partial charge in [-0.15, -0.1) is 0 Å². The van der Waals surface area contributed by atoms with Gasteiger partial charge in [-0.1, -0.05) is 12.1 Å². The molecule has 0 saturated heterocycles. The van der Waals surface area contributed by atoms with Gasteiger partial charge in [0, 0.05) is 0 Å². The van der Waals surface area contributed by atoms with Gasteiger partial charge in [0.2, 0.25) is 5.95 Å². The van der Waals surface area contributed by atoms with Gasteiger partial charge in [-0.05, 0) is 23.7 Å². The molecule has 2 aromatic rings. The molecule has 0 atom stereocenters. The van der Waals surface area contributed by atoms with Crippen LogP contribution in [0, 0.1) is 0 Å². The van der Waals surface area contributed by atoms with Crippen LogP contribution in [0.15, 0.2) is 24.3 Å². The number of nitrogens with zero attached hydrogens (tertiary/aromatic N) is 1. The van der Waals surface area contributed by atoms with Crippen molar-refractivity contribution in [2.24, 2.45) is 0 Å². The number of aromatic amines is 1. The molecule has 1 amide bonds. The Hall–Kier alpha value is -2.67. The molecular formula is C16H6ClF16N3O. The third-order valence-electron chi connectivity index (χ3n) is 4.63. The van der Waals surface area contributed by atoms with Crippen molar-refractivity contribution in [2.75, 3.05) is 5.32 Å². The molecule has 1 heterocycles. The number of hydrogen-bond donors (Lipinski definition) is 2. The molecule has 0 aliphatic rings. The number of amides is 1. The number of alkyl halides is 17. The molecule has 0 fully saturated rings. The van der Waals surface area contributed by atoms with E-state index in [2.05, 4.69) is 16.6 Å². The van der Waals surface area contributed by atoms with Gasteiger partial charge in [0.25, 0.3) is 0 Å². The second-order valence-corrected chi connectivity index (χ2v) is 7.55. The standard InChI is InChI=1S/C16H6ClF16N3O/c17-16(32,33)15(30,31)14(28,29)13(26,27)12(24,25)11(22,23)10(20,21)9(18,19)7(37)36-8-34-5-3-1-2-4-6(5)35-8/h1-4H,(H2,34,35,36,37). The van der Waals surface area contributed by atoms with Crippen molar-refractivity contribution < 1.29 is 75.0 Å². The molecule has 21 heteroatoms. The van der Waals surface area contributed by atoms with E-state index in [0.29, 0.717) is 0 Å². The Morgan fingerprint density at radius 1 is 0.676 bits per heavy atom. The highest BCUT2D eigenvalue weighted by Gasteiger charge is 2.95. The highest BCUT2D eigenvalue weighted by molar-refractivity contribution is 6.22. The van der Waals surface area contributed by atoms with Gasteiger partial charge in [-0.25, -0.2) is 4.98 Å². The van der Waals surface area contributed by atoms with Gasteiger partial charge in [0.1, 0.15) is 0 Å². The SMILES string of the molecule is O=C(Nc1nc2ccccc2[nH]1)C(F)(F)C(F)(F)C(F)(F)C(F)(F)C(F)(F)C(F)(F)C(F)(F)C(F)(F)Cl. The predicted octanol–water partition coefficient (Wildman–Crippen LogP) is 6.78. The third-order valence-corrected chi connectivity index (χ3v) is 4.87. The number of hydrogen-bond acceptors (Lipinski definition) is 2. The molecule has 0 spiro atoms. The number of rotatable bonds is 9. The zero-order valence-corrected chi connectivity index (χ0v) is 17.3. The lowest BCUT2D eigenvalue weighted by atomic mass is 9.89.